The number of rotatable bonds is 3. The first-order chi connectivity index (χ1) is 4.36. The maximum atomic E-state index is 10.4. The van der Waals surface area contributed by atoms with E-state index in [0.717, 1.165) is 0 Å². The molecule has 0 atom stereocenters. The smallest absolute Gasteiger partial charge is 0.0483 e. The molecule has 0 radical (unpaired) electrons. The number of carboxylic acids is 1. The second-order valence-electron chi connectivity index (χ2n) is 3.41. The van der Waals surface area contributed by atoms with Crippen molar-refractivity contribution in [3.05, 3.63) is 0 Å². The molecule has 0 amide bonds. The summed E-state index contributed by atoms with van der Waals surface area (Å²) in [5.41, 5.74) is -0.747. The van der Waals surface area contributed by atoms with Gasteiger partial charge in [0, 0.05) is 17.9 Å². The Morgan fingerprint density at radius 2 is 1.90 bits per heavy atom. The first kappa shape index (κ1) is 9.43. The van der Waals surface area contributed by atoms with Crippen molar-refractivity contribution in [2.75, 3.05) is 20.6 Å². The molecule has 0 spiro atoms. The molecule has 3 nitrogen and oxygen atoms in total. The highest BCUT2D eigenvalue weighted by Crippen LogP contribution is 2.13. The summed E-state index contributed by atoms with van der Waals surface area (Å²) in [6, 6.07) is 0. The van der Waals surface area contributed by atoms with Crippen LogP contribution in [0.3, 0.4) is 0 Å². The van der Waals surface area contributed by atoms with Gasteiger partial charge in [-0.3, -0.25) is 0 Å². The third-order valence-electron chi connectivity index (χ3n) is 1.26. The van der Waals surface area contributed by atoms with Gasteiger partial charge >= 0.3 is 0 Å². The van der Waals surface area contributed by atoms with Crippen LogP contribution in [-0.2, 0) is 4.79 Å². The van der Waals surface area contributed by atoms with Crippen molar-refractivity contribution in [2.45, 2.75) is 13.8 Å². The second kappa shape index (κ2) is 3.01. The summed E-state index contributed by atoms with van der Waals surface area (Å²) in [5, 5.41) is 10.4. The third kappa shape index (κ3) is 2.82. The van der Waals surface area contributed by atoms with E-state index < -0.39 is 11.4 Å². The molecule has 0 aromatic carbocycles. The largest absolute Gasteiger partial charge is 0.550 e. The van der Waals surface area contributed by atoms with E-state index in [1.807, 2.05) is 19.0 Å². The molecular weight excluding hydrogens is 130 g/mol. The average molecular weight is 144 g/mol. The lowest BCUT2D eigenvalue weighted by atomic mass is 9.93. The molecule has 10 heavy (non-hydrogen) atoms. The molecule has 0 heterocycles. The Labute approximate surface area is 61.6 Å². The third-order valence-corrected chi connectivity index (χ3v) is 1.26. The molecule has 0 aromatic rings. The van der Waals surface area contributed by atoms with Gasteiger partial charge in [-0.2, -0.15) is 0 Å². The van der Waals surface area contributed by atoms with Crippen molar-refractivity contribution in [1.82, 2.24) is 4.90 Å². The van der Waals surface area contributed by atoms with Crippen molar-refractivity contribution < 1.29 is 9.90 Å². The number of carboxylic acid groups (broad SMARTS) is 1. The molecule has 0 aliphatic rings. The Morgan fingerprint density at radius 3 is 2.00 bits per heavy atom. The van der Waals surface area contributed by atoms with Gasteiger partial charge in [-0.05, 0) is 14.1 Å². The molecule has 0 aliphatic heterocycles. The van der Waals surface area contributed by atoms with Crippen molar-refractivity contribution in [3.63, 3.8) is 0 Å². The zero-order valence-corrected chi connectivity index (χ0v) is 6.97. The zero-order valence-electron chi connectivity index (χ0n) is 6.97. The zero-order chi connectivity index (χ0) is 8.36. The summed E-state index contributed by atoms with van der Waals surface area (Å²) < 4.78 is 0. The van der Waals surface area contributed by atoms with E-state index >= 15 is 0 Å². The quantitative estimate of drug-likeness (QED) is 0.527. The monoisotopic (exact) mass is 144 g/mol. The van der Waals surface area contributed by atoms with E-state index in [2.05, 4.69) is 0 Å². The van der Waals surface area contributed by atoms with Gasteiger partial charge in [0.15, 0.2) is 0 Å². The minimum atomic E-state index is -0.999. The molecule has 60 valence electrons. The van der Waals surface area contributed by atoms with Crippen LogP contribution >= 0.6 is 0 Å². The minimum absolute atomic E-state index is 0.509. The van der Waals surface area contributed by atoms with E-state index in [1.54, 1.807) is 13.8 Å². The Bertz CT molecular complexity index is 130. The van der Waals surface area contributed by atoms with Crippen molar-refractivity contribution in [3.8, 4) is 0 Å². The molecule has 3 heteroatoms. The van der Waals surface area contributed by atoms with Gasteiger partial charge in [0.05, 0.1) is 0 Å². The summed E-state index contributed by atoms with van der Waals surface area (Å²) in [6.07, 6.45) is 0. The van der Waals surface area contributed by atoms with E-state index in [-0.39, 0.29) is 0 Å². The van der Waals surface area contributed by atoms with E-state index in [0.29, 0.717) is 6.54 Å². The van der Waals surface area contributed by atoms with Crippen molar-refractivity contribution in [1.29, 1.82) is 0 Å². The Kier molecular flexibility index (Phi) is 2.84. The standard InChI is InChI=1S/C7H15NO2/c1-7(2,6(9)10)5-8(3)4/h5H2,1-4H3,(H,9,10)/p-1. The normalized spacial score (nSPS) is 12.1. The van der Waals surface area contributed by atoms with E-state index in [1.165, 1.54) is 0 Å². The fraction of sp³-hybridized carbons (Fsp3) is 0.857. The number of hydrogen-bond acceptors (Lipinski definition) is 3. The summed E-state index contributed by atoms with van der Waals surface area (Å²) in [4.78, 5) is 12.2. The molecule has 0 bridgehead atoms. The molecular formula is C7H14NO2-. The van der Waals surface area contributed by atoms with Crippen LogP contribution < -0.4 is 5.11 Å². The van der Waals surface area contributed by atoms with Gasteiger partial charge in [-0.25, -0.2) is 0 Å². The van der Waals surface area contributed by atoms with Crippen LogP contribution in [0.25, 0.3) is 0 Å². The fourth-order valence-corrected chi connectivity index (χ4v) is 0.855. The van der Waals surface area contributed by atoms with Crippen LogP contribution in [0.2, 0.25) is 0 Å². The van der Waals surface area contributed by atoms with E-state index in [4.69, 9.17) is 0 Å². The molecule has 0 saturated heterocycles. The maximum Gasteiger partial charge on any atom is 0.0483 e. The van der Waals surface area contributed by atoms with Crippen LogP contribution in [-0.4, -0.2) is 31.5 Å². The lowest BCUT2D eigenvalue weighted by Crippen LogP contribution is -2.44. The molecule has 0 N–H and O–H groups in total. The Morgan fingerprint density at radius 1 is 1.50 bits per heavy atom. The van der Waals surface area contributed by atoms with Gasteiger partial charge in [0.2, 0.25) is 0 Å². The van der Waals surface area contributed by atoms with Crippen LogP contribution in [0.5, 0.6) is 0 Å². The molecule has 0 rings (SSSR count). The molecule has 0 fully saturated rings. The summed E-state index contributed by atoms with van der Waals surface area (Å²) >= 11 is 0. The van der Waals surface area contributed by atoms with Crippen molar-refractivity contribution >= 4 is 5.97 Å². The topological polar surface area (TPSA) is 43.4 Å². The number of nitrogens with zero attached hydrogens (tertiary/aromatic N) is 1. The van der Waals surface area contributed by atoms with Crippen LogP contribution in [0, 0.1) is 5.41 Å². The van der Waals surface area contributed by atoms with E-state index in [9.17, 15) is 9.90 Å². The van der Waals surface area contributed by atoms with Gasteiger partial charge < -0.3 is 14.8 Å². The summed E-state index contributed by atoms with van der Waals surface area (Å²) in [5.74, 6) is -0.999. The summed E-state index contributed by atoms with van der Waals surface area (Å²) in [7, 11) is 3.68. The molecule has 0 saturated carbocycles. The lowest BCUT2D eigenvalue weighted by Gasteiger charge is -2.28. The highest BCUT2D eigenvalue weighted by Gasteiger charge is 2.19. The van der Waals surface area contributed by atoms with Gasteiger partial charge in [-0.1, -0.05) is 13.8 Å². The highest BCUT2D eigenvalue weighted by molar-refractivity contribution is 5.71. The van der Waals surface area contributed by atoms with Crippen LogP contribution in [0.4, 0.5) is 0 Å². The number of carbonyl (C=O) groups excluding carboxylic acids is 1. The van der Waals surface area contributed by atoms with Crippen LogP contribution in [0.15, 0.2) is 0 Å². The molecule has 0 unspecified atom stereocenters. The number of aliphatic carboxylic acids is 1. The predicted octanol–water partition coefficient (Wildman–Crippen LogP) is -0.676. The molecule has 0 aromatic heterocycles. The van der Waals surface area contributed by atoms with Gasteiger partial charge in [-0.15, -0.1) is 0 Å². The summed E-state index contributed by atoms with van der Waals surface area (Å²) in [6.45, 7) is 3.82. The highest BCUT2D eigenvalue weighted by atomic mass is 16.4. The van der Waals surface area contributed by atoms with Gasteiger partial charge in [0.25, 0.3) is 0 Å². The molecule has 0 aliphatic carbocycles. The minimum Gasteiger partial charge on any atom is -0.550 e. The predicted molar refractivity (Wildman–Crippen MR) is 37.3 cm³/mol. The Balaban J connectivity index is 4.00. The lowest BCUT2D eigenvalue weighted by molar-refractivity contribution is -0.317. The van der Waals surface area contributed by atoms with Crippen LogP contribution in [0.1, 0.15) is 13.8 Å². The maximum absolute atomic E-state index is 10.4. The van der Waals surface area contributed by atoms with Crippen molar-refractivity contribution in [2.24, 2.45) is 5.41 Å². The number of hydrogen-bond donors (Lipinski definition) is 0. The number of carbonyl (C=O) groups is 1. The first-order valence-corrected chi connectivity index (χ1v) is 3.22. The second-order valence-corrected chi connectivity index (χ2v) is 3.41. The van der Waals surface area contributed by atoms with Gasteiger partial charge in [0.1, 0.15) is 0 Å². The Hall–Kier alpha value is -0.570. The fourth-order valence-electron chi connectivity index (χ4n) is 0.855. The SMILES string of the molecule is CN(C)CC(C)(C)C(=O)[O-]. The average Bonchev–Trinajstić information content (AvgIpc) is 1.60. The first-order valence-electron chi connectivity index (χ1n) is 3.22.